The number of ether oxygens (including phenoxy) is 1. The SMILES string of the molecule is COc1ccc(C2CCC(CN(C(=O)C3CCC(O)CC3)c3cccc(C#Cc4nccs4)c3)CC2)cc1C. The Morgan fingerprint density at radius 3 is 2.54 bits per heavy atom. The van der Waals surface area contributed by atoms with E-state index in [1.807, 2.05) is 34.5 Å². The number of anilines is 1. The summed E-state index contributed by atoms with van der Waals surface area (Å²) in [7, 11) is 1.72. The van der Waals surface area contributed by atoms with E-state index in [-0.39, 0.29) is 17.9 Å². The molecule has 1 amide bonds. The number of amides is 1. The zero-order valence-electron chi connectivity index (χ0n) is 22.9. The second-order valence-electron chi connectivity index (χ2n) is 11.0. The van der Waals surface area contributed by atoms with Gasteiger partial charge in [0.25, 0.3) is 0 Å². The Labute approximate surface area is 236 Å². The van der Waals surface area contributed by atoms with E-state index in [0.29, 0.717) is 24.7 Å². The number of nitrogens with zero attached hydrogens (tertiary/aromatic N) is 2. The van der Waals surface area contributed by atoms with Gasteiger partial charge in [-0.1, -0.05) is 24.1 Å². The van der Waals surface area contributed by atoms with Crippen molar-refractivity contribution < 1.29 is 14.6 Å². The number of carbonyl (C=O) groups excluding carboxylic acids is 1. The van der Waals surface area contributed by atoms with Crippen LogP contribution in [0.3, 0.4) is 0 Å². The van der Waals surface area contributed by atoms with E-state index in [4.69, 9.17) is 4.74 Å². The van der Waals surface area contributed by atoms with Crippen LogP contribution in [-0.2, 0) is 4.79 Å². The molecule has 1 aromatic heterocycles. The Morgan fingerprint density at radius 2 is 1.85 bits per heavy atom. The van der Waals surface area contributed by atoms with Crippen LogP contribution in [0.2, 0.25) is 0 Å². The number of carbonyl (C=O) groups is 1. The van der Waals surface area contributed by atoms with Crippen LogP contribution in [-0.4, -0.2) is 35.8 Å². The summed E-state index contributed by atoms with van der Waals surface area (Å²) in [6.07, 6.45) is 8.87. The Balaban J connectivity index is 1.31. The van der Waals surface area contributed by atoms with Crippen molar-refractivity contribution in [1.82, 2.24) is 4.98 Å². The molecule has 5 nitrogen and oxygen atoms in total. The van der Waals surface area contributed by atoms with Crippen LogP contribution in [0.5, 0.6) is 5.75 Å². The summed E-state index contributed by atoms with van der Waals surface area (Å²) in [5.74, 6) is 8.48. The van der Waals surface area contributed by atoms with Gasteiger partial charge in [0, 0.05) is 35.3 Å². The van der Waals surface area contributed by atoms with Crippen LogP contribution in [0, 0.1) is 30.6 Å². The van der Waals surface area contributed by atoms with Crippen molar-refractivity contribution in [3.8, 4) is 17.6 Å². The van der Waals surface area contributed by atoms with Crippen molar-refractivity contribution in [2.45, 2.75) is 70.3 Å². The number of hydrogen-bond donors (Lipinski definition) is 1. The number of hydrogen-bond acceptors (Lipinski definition) is 5. The van der Waals surface area contributed by atoms with Gasteiger partial charge in [0.15, 0.2) is 5.01 Å². The van der Waals surface area contributed by atoms with Crippen LogP contribution in [0.4, 0.5) is 5.69 Å². The van der Waals surface area contributed by atoms with Crippen molar-refractivity contribution >= 4 is 22.9 Å². The minimum absolute atomic E-state index is 0.0305. The number of rotatable bonds is 6. The highest BCUT2D eigenvalue weighted by atomic mass is 32.1. The maximum atomic E-state index is 13.9. The molecule has 1 heterocycles. The van der Waals surface area contributed by atoms with Gasteiger partial charge in [-0.25, -0.2) is 4.98 Å². The third-order valence-electron chi connectivity index (χ3n) is 8.39. The summed E-state index contributed by atoms with van der Waals surface area (Å²) in [6, 6.07) is 14.6. The molecule has 6 heteroatoms. The van der Waals surface area contributed by atoms with Gasteiger partial charge in [-0.05, 0) is 111 Å². The van der Waals surface area contributed by atoms with Gasteiger partial charge in [0.1, 0.15) is 5.75 Å². The molecule has 0 bridgehead atoms. The molecule has 0 saturated heterocycles. The fraction of sp³-hybridized carbons (Fsp3) is 0.455. The fourth-order valence-corrected chi connectivity index (χ4v) is 6.60. The van der Waals surface area contributed by atoms with E-state index >= 15 is 0 Å². The van der Waals surface area contributed by atoms with Crippen molar-refractivity contribution in [3.63, 3.8) is 0 Å². The molecule has 0 radical (unpaired) electrons. The summed E-state index contributed by atoms with van der Waals surface area (Å²) in [4.78, 5) is 20.2. The first-order chi connectivity index (χ1) is 19.0. The van der Waals surface area contributed by atoms with Gasteiger partial charge in [0.05, 0.1) is 13.2 Å². The largest absolute Gasteiger partial charge is 0.496 e. The lowest BCUT2D eigenvalue weighted by Gasteiger charge is -2.36. The van der Waals surface area contributed by atoms with E-state index in [2.05, 4.69) is 41.9 Å². The lowest BCUT2D eigenvalue weighted by Crippen LogP contribution is -2.41. The van der Waals surface area contributed by atoms with Crippen molar-refractivity contribution in [1.29, 1.82) is 0 Å². The highest BCUT2D eigenvalue weighted by Gasteiger charge is 2.32. The topological polar surface area (TPSA) is 62.7 Å². The molecule has 39 heavy (non-hydrogen) atoms. The Hall–Kier alpha value is -3.14. The van der Waals surface area contributed by atoms with Crippen molar-refractivity contribution in [3.05, 3.63) is 75.7 Å². The highest BCUT2D eigenvalue weighted by Crippen LogP contribution is 2.38. The van der Waals surface area contributed by atoms with E-state index in [1.165, 1.54) is 22.5 Å². The molecule has 2 saturated carbocycles. The molecule has 5 rings (SSSR count). The molecular formula is C33H38N2O3S. The standard InChI is InChI=1S/C33H38N2O3S/c1-23-20-28(13-16-31(23)38-2)26-9-6-25(7-10-26)22-35(33(37)27-11-14-30(36)15-12-27)29-5-3-4-24(21-29)8-17-32-34-18-19-39-32/h3-5,13,16,18-21,25-27,30,36H,6-7,9-12,14-15,22H2,1-2H3. The lowest BCUT2D eigenvalue weighted by molar-refractivity contribution is -0.124. The molecule has 3 aromatic rings. The molecule has 0 aliphatic heterocycles. The summed E-state index contributed by atoms with van der Waals surface area (Å²) >= 11 is 1.52. The van der Waals surface area contributed by atoms with E-state index in [1.54, 1.807) is 13.3 Å². The lowest BCUT2D eigenvalue weighted by atomic mass is 9.78. The van der Waals surface area contributed by atoms with Crippen molar-refractivity contribution in [2.75, 3.05) is 18.6 Å². The second kappa shape index (κ2) is 12.8. The normalized spacial score (nSPS) is 22.9. The zero-order valence-corrected chi connectivity index (χ0v) is 23.8. The summed E-state index contributed by atoms with van der Waals surface area (Å²) in [5.41, 5.74) is 4.39. The third kappa shape index (κ3) is 6.90. The van der Waals surface area contributed by atoms with Crippen LogP contribution >= 0.6 is 11.3 Å². The van der Waals surface area contributed by atoms with Gasteiger partial charge in [-0.3, -0.25) is 4.79 Å². The molecule has 0 unspecified atom stereocenters. The average Bonchev–Trinajstić information content (AvgIpc) is 3.49. The number of aliphatic hydroxyl groups is 1. The molecule has 2 aliphatic rings. The Bertz CT molecular complexity index is 1310. The number of aliphatic hydroxyl groups excluding tert-OH is 1. The monoisotopic (exact) mass is 542 g/mol. The van der Waals surface area contributed by atoms with Crippen molar-refractivity contribution in [2.24, 2.45) is 11.8 Å². The second-order valence-corrected chi connectivity index (χ2v) is 11.9. The predicted octanol–water partition coefficient (Wildman–Crippen LogP) is 6.72. The first kappa shape index (κ1) is 27.4. The molecule has 1 N–H and O–H groups in total. The molecule has 2 fully saturated rings. The molecule has 2 aromatic carbocycles. The van der Waals surface area contributed by atoms with Gasteiger partial charge >= 0.3 is 0 Å². The average molecular weight is 543 g/mol. The summed E-state index contributed by atoms with van der Waals surface area (Å²) < 4.78 is 5.45. The van der Waals surface area contributed by atoms with E-state index in [9.17, 15) is 9.90 Å². The zero-order chi connectivity index (χ0) is 27.2. The minimum atomic E-state index is -0.274. The summed E-state index contributed by atoms with van der Waals surface area (Å²) in [5, 5.41) is 12.7. The minimum Gasteiger partial charge on any atom is -0.496 e. The first-order valence-corrected chi connectivity index (χ1v) is 15.0. The van der Waals surface area contributed by atoms with Crippen LogP contribution in [0.1, 0.15) is 79.0 Å². The number of aromatic nitrogens is 1. The number of thiazole rings is 1. The van der Waals surface area contributed by atoms with Gasteiger partial charge in [0.2, 0.25) is 5.91 Å². The van der Waals surface area contributed by atoms with Crippen LogP contribution in [0.25, 0.3) is 0 Å². The molecule has 0 spiro atoms. The predicted molar refractivity (Wildman–Crippen MR) is 157 cm³/mol. The maximum absolute atomic E-state index is 13.9. The molecule has 204 valence electrons. The summed E-state index contributed by atoms with van der Waals surface area (Å²) in [6.45, 7) is 2.84. The van der Waals surface area contributed by atoms with E-state index < -0.39 is 0 Å². The quantitative estimate of drug-likeness (QED) is 0.351. The molecular weight excluding hydrogens is 504 g/mol. The smallest absolute Gasteiger partial charge is 0.230 e. The first-order valence-electron chi connectivity index (χ1n) is 14.2. The fourth-order valence-electron chi connectivity index (χ4n) is 6.12. The number of aryl methyl sites for hydroxylation is 1. The number of benzene rings is 2. The van der Waals surface area contributed by atoms with Crippen LogP contribution < -0.4 is 9.64 Å². The third-order valence-corrected chi connectivity index (χ3v) is 9.08. The van der Waals surface area contributed by atoms with Gasteiger partial charge in [-0.15, -0.1) is 11.3 Å². The van der Waals surface area contributed by atoms with E-state index in [0.717, 1.165) is 67.1 Å². The Morgan fingerprint density at radius 1 is 1.05 bits per heavy atom. The highest BCUT2D eigenvalue weighted by molar-refractivity contribution is 7.10. The molecule has 2 aliphatic carbocycles. The number of methoxy groups -OCH3 is 1. The Kier molecular flexibility index (Phi) is 9.01. The van der Waals surface area contributed by atoms with Gasteiger partial charge in [-0.2, -0.15) is 0 Å². The van der Waals surface area contributed by atoms with Gasteiger partial charge < -0.3 is 14.7 Å². The molecule has 0 atom stereocenters. The maximum Gasteiger partial charge on any atom is 0.230 e. The van der Waals surface area contributed by atoms with Crippen LogP contribution in [0.15, 0.2) is 54.0 Å².